The van der Waals surface area contributed by atoms with Gasteiger partial charge in [-0.15, -0.1) is 0 Å². The van der Waals surface area contributed by atoms with Crippen LogP contribution in [0.15, 0.2) is 73.4 Å². The van der Waals surface area contributed by atoms with E-state index in [4.69, 9.17) is 0 Å². The fraction of sp³-hybridized carbons (Fsp3) is 0.0526. The molecule has 4 rings (SSSR count). The minimum Gasteiger partial charge on any atom is -0.320 e. The largest absolute Gasteiger partial charge is 0.320 e. The van der Waals surface area contributed by atoms with Crippen LogP contribution in [0, 0.1) is 0 Å². The smallest absolute Gasteiger partial charge is 0.274 e. The molecular formula is C19H15N5O. The second-order valence-electron chi connectivity index (χ2n) is 5.59. The molecule has 2 aromatic heterocycles. The fourth-order valence-electron chi connectivity index (χ4n) is 2.75. The lowest BCUT2D eigenvalue weighted by Crippen LogP contribution is -2.16. The number of anilines is 1. The molecule has 0 aliphatic carbocycles. The Morgan fingerprint density at radius 2 is 1.88 bits per heavy atom. The maximum absolute atomic E-state index is 12.8. The van der Waals surface area contributed by atoms with Crippen molar-refractivity contribution in [3.05, 3.63) is 84.7 Å². The zero-order valence-corrected chi connectivity index (χ0v) is 13.3. The first-order valence-corrected chi connectivity index (χ1v) is 7.87. The minimum absolute atomic E-state index is 0.233. The summed E-state index contributed by atoms with van der Waals surface area (Å²) in [6.45, 7) is 0.527. The van der Waals surface area contributed by atoms with E-state index >= 15 is 0 Å². The zero-order valence-electron chi connectivity index (χ0n) is 13.3. The summed E-state index contributed by atoms with van der Waals surface area (Å²) in [6.07, 6.45) is 4.78. The van der Waals surface area contributed by atoms with Crippen molar-refractivity contribution in [2.24, 2.45) is 0 Å². The highest BCUT2D eigenvalue weighted by atomic mass is 16.1. The van der Waals surface area contributed by atoms with Crippen molar-refractivity contribution < 1.29 is 4.79 Å². The van der Waals surface area contributed by atoms with Crippen molar-refractivity contribution in [1.82, 2.24) is 19.7 Å². The van der Waals surface area contributed by atoms with E-state index in [2.05, 4.69) is 20.4 Å². The Morgan fingerprint density at radius 3 is 2.76 bits per heavy atom. The molecule has 25 heavy (non-hydrogen) atoms. The number of pyridine rings is 1. The van der Waals surface area contributed by atoms with Gasteiger partial charge in [-0.05, 0) is 23.1 Å². The number of nitrogens with zero attached hydrogens (tertiary/aromatic N) is 4. The molecule has 0 spiro atoms. The molecule has 6 nitrogen and oxygen atoms in total. The van der Waals surface area contributed by atoms with Crippen molar-refractivity contribution in [1.29, 1.82) is 0 Å². The third-order valence-corrected chi connectivity index (χ3v) is 3.95. The number of hydrogen-bond acceptors (Lipinski definition) is 4. The lowest BCUT2D eigenvalue weighted by Gasteiger charge is -2.11. The number of para-hydroxylation sites is 1. The lowest BCUT2D eigenvalue weighted by molar-refractivity contribution is 0.102. The highest BCUT2D eigenvalue weighted by molar-refractivity contribution is 6.11. The number of amides is 1. The highest BCUT2D eigenvalue weighted by Gasteiger charge is 2.13. The van der Waals surface area contributed by atoms with Gasteiger partial charge in [0, 0.05) is 17.3 Å². The number of carbonyl (C=O) groups excluding carboxylic acids is 1. The van der Waals surface area contributed by atoms with Crippen molar-refractivity contribution in [3.8, 4) is 0 Å². The van der Waals surface area contributed by atoms with Crippen LogP contribution in [-0.4, -0.2) is 25.7 Å². The summed E-state index contributed by atoms with van der Waals surface area (Å²) in [5, 5.41) is 8.89. The molecule has 1 amide bonds. The lowest BCUT2D eigenvalue weighted by atomic mass is 10.1. The number of benzene rings is 2. The molecule has 0 bridgehead atoms. The summed E-state index contributed by atoms with van der Waals surface area (Å²) in [6, 6.07) is 17.2. The number of nitrogens with one attached hydrogen (secondary N) is 1. The summed E-state index contributed by atoms with van der Waals surface area (Å²) >= 11 is 0. The minimum atomic E-state index is -0.233. The van der Waals surface area contributed by atoms with Crippen LogP contribution in [-0.2, 0) is 6.54 Å². The second kappa shape index (κ2) is 6.52. The average Bonchev–Trinajstić information content (AvgIpc) is 3.16. The van der Waals surface area contributed by atoms with E-state index in [1.807, 2.05) is 54.6 Å². The maximum Gasteiger partial charge on any atom is 0.274 e. The maximum atomic E-state index is 12.8. The summed E-state index contributed by atoms with van der Waals surface area (Å²) < 4.78 is 1.71. The number of aromatic nitrogens is 4. The van der Waals surface area contributed by atoms with E-state index in [1.165, 1.54) is 6.33 Å². The zero-order chi connectivity index (χ0) is 17.1. The Hall–Kier alpha value is -3.54. The van der Waals surface area contributed by atoms with Gasteiger partial charge in [0.25, 0.3) is 5.91 Å². The monoisotopic (exact) mass is 329 g/mol. The molecule has 2 heterocycles. The highest BCUT2D eigenvalue weighted by Crippen LogP contribution is 2.20. The van der Waals surface area contributed by atoms with Gasteiger partial charge in [0.1, 0.15) is 18.3 Å². The SMILES string of the molecule is O=C(Nc1ccccc1Cn1cncn1)c1nccc2ccccc12. The van der Waals surface area contributed by atoms with E-state index in [1.54, 1.807) is 17.2 Å². The predicted octanol–water partition coefficient (Wildman–Crippen LogP) is 3.13. The van der Waals surface area contributed by atoms with Crippen LogP contribution in [0.3, 0.4) is 0 Å². The molecule has 0 aliphatic heterocycles. The average molecular weight is 329 g/mol. The molecule has 0 fully saturated rings. The van der Waals surface area contributed by atoms with E-state index in [0.717, 1.165) is 22.0 Å². The van der Waals surface area contributed by atoms with Gasteiger partial charge in [-0.2, -0.15) is 5.10 Å². The molecule has 0 saturated carbocycles. The number of carbonyl (C=O) groups is 1. The van der Waals surface area contributed by atoms with E-state index in [0.29, 0.717) is 12.2 Å². The van der Waals surface area contributed by atoms with Crippen LogP contribution < -0.4 is 5.32 Å². The van der Waals surface area contributed by atoms with Gasteiger partial charge in [-0.3, -0.25) is 9.78 Å². The summed E-state index contributed by atoms with van der Waals surface area (Å²) in [5.41, 5.74) is 2.09. The van der Waals surface area contributed by atoms with Crippen LogP contribution in [0.2, 0.25) is 0 Å². The van der Waals surface area contributed by atoms with E-state index in [-0.39, 0.29) is 5.91 Å². The van der Waals surface area contributed by atoms with Crippen LogP contribution in [0.25, 0.3) is 10.8 Å². The van der Waals surface area contributed by atoms with Gasteiger partial charge < -0.3 is 5.32 Å². The van der Waals surface area contributed by atoms with Gasteiger partial charge >= 0.3 is 0 Å². The quantitative estimate of drug-likeness (QED) is 0.624. The van der Waals surface area contributed by atoms with Gasteiger partial charge in [-0.1, -0.05) is 42.5 Å². The third-order valence-electron chi connectivity index (χ3n) is 3.95. The Bertz CT molecular complexity index is 1020. The Labute approximate surface area is 144 Å². The first-order chi connectivity index (χ1) is 12.3. The van der Waals surface area contributed by atoms with Crippen LogP contribution in [0.5, 0.6) is 0 Å². The Morgan fingerprint density at radius 1 is 1.04 bits per heavy atom. The first kappa shape index (κ1) is 15.0. The molecule has 1 N–H and O–H groups in total. The molecular weight excluding hydrogens is 314 g/mol. The van der Waals surface area contributed by atoms with Gasteiger partial charge in [-0.25, -0.2) is 9.67 Å². The molecule has 0 saturated heterocycles. The number of hydrogen-bond donors (Lipinski definition) is 1. The normalized spacial score (nSPS) is 10.7. The molecule has 2 aromatic carbocycles. The molecule has 0 atom stereocenters. The Kier molecular flexibility index (Phi) is 3.92. The van der Waals surface area contributed by atoms with Crippen molar-refractivity contribution in [3.63, 3.8) is 0 Å². The first-order valence-electron chi connectivity index (χ1n) is 7.87. The molecule has 0 unspecified atom stereocenters. The van der Waals surface area contributed by atoms with Gasteiger partial charge in [0.15, 0.2) is 0 Å². The second-order valence-corrected chi connectivity index (χ2v) is 5.59. The summed E-state index contributed by atoms with van der Waals surface area (Å²) in [7, 11) is 0. The number of fused-ring (bicyclic) bond motifs is 1. The van der Waals surface area contributed by atoms with Crippen LogP contribution in [0.4, 0.5) is 5.69 Å². The Balaban J connectivity index is 1.65. The van der Waals surface area contributed by atoms with Crippen molar-refractivity contribution in [2.75, 3.05) is 5.32 Å². The third kappa shape index (κ3) is 3.10. The fourth-order valence-corrected chi connectivity index (χ4v) is 2.75. The van der Waals surface area contributed by atoms with Crippen molar-refractivity contribution >= 4 is 22.4 Å². The molecule has 122 valence electrons. The van der Waals surface area contributed by atoms with Crippen LogP contribution >= 0.6 is 0 Å². The van der Waals surface area contributed by atoms with E-state index in [9.17, 15) is 4.79 Å². The molecule has 4 aromatic rings. The van der Waals surface area contributed by atoms with Crippen LogP contribution in [0.1, 0.15) is 16.1 Å². The number of rotatable bonds is 4. The topological polar surface area (TPSA) is 72.7 Å². The summed E-state index contributed by atoms with van der Waals surface area (Å²) in [4.78, 5) is 21.0. The van der Waals surface area contributed by atoms with Gasteiger partial charge in [0.2, 0.25) is 0 Å². The molecule has 0 radical (unpaired) electrons. The molecule has 6 heteroatoms. The van der Waals surface area contributed by atoms with E-state index < -0.39 is 0 Å². The predicted molar refractivity (Wildman–Crippen MR) is 95.3 cm³/mol. The van der Waals surface area contributed by atoms with Crippen molar-refractivity contribution in [2.45, 2.75) is 6.54 Å². The standard InChI is InChI=1S/C19H15N5O/c25-19(18-16-7-3-1-5-14(16)9-10-21-18)23-17-8-4-2-6-15(17)11-24-13-20-12-22-24/h1-10,12-13H,11H2,(H,23,25). The van der Waals surface area contributed by atoms with Gasteiger partial charge in [0.05, 0.1) is 6.54 Å². The molecule has 0 aliphatic rings. The summed E-state index contributed by atoms with van der Waals surface area (Å²) in [5.74, 6) is -0.233.